The van der Waals surface area contributed by atoms with Gasteiger partial charge in [-0.15, -0.1) is 0 Å². The Kier molecular flexibility index (Phi) is 6.23. The SMILES string of the molecule is Nc1ccc(N2CCC(CCN3CCN(c4ccc(Br)cn4)CC3=O)CC2)cc1. The van der Waals surface area contributed by atoms with Crippen LogP contribution in [0.15, 0.2) is 47.1 Å². The Morgan fingerprint density at radius 2 is 1.76 bits per heavy atom. The summed E-state index contributed by atoms with van der Waals surface area (Å²) in [4.78, 5) is 23.6. The average molecular weight is 458 g/mol. The van der Waals surface area contributed by atoms with Gasteiger partial charge in [0.15, 0.2) is 0 Å². The van der Waals surface area contributed by atoms with Crippen molar-refractivity contribution in [2.45, 2.75) is 19.3 Å². The molecule has 0 aliphatic carbocycles. The maximum atomic E-state index is 12.6. The van der Waals surface area contributed by atoms with Crippen molar-refractivity contribution in [3.63, 3.8) is 0 Å². The first-order valence-corrected chi connectivity index (χ1v) is 11.1. The minimum atomic E-state index is 0.209. The molecule has 2 aliphatic rings. The zero-order valence-corrected chi connectivity index (χ0v) is 18.2. The monoisotopic (exact) mass is 457 g/mol. The van der Waals surface area contributed by atoms with Crippen LogP contribution >= 0.6 is 15.9 Å². The highest BCUT2D eigenvalue weighted by Gasteiger charge is 2.26. The fraction of sp³-hybridized carbons (Fsp3) is 0.455. The summed E-state index contributed by atoms with van der Waals surface area (Å²) in [6.45, 7) is 5.06. The van der Waals surface area contributed by atoms with Gasteiger partial charge in [0, 0.05) is 54.8 Å². The predicted molar refractivity (Wildman–Crippen MR) is 121 cm³/mol. The first kappa shape index (κ1) is 20.0. The number of nitrogens with zero attached hydrogens (tertiary/aromatic N) is 4. The number of anilines is 3. The van der Waals surface area contributed by atoms with E-state index in [1.807, 2.05) is 29.2 Å². The van der Waals surface area contributed by atoms with Crippen LogP contribution in [-0.4, -0.2) is 55.1 Å². The number of piperazine rings is 1. The summed E-state index contributed by atoms with van der Waals surface area (Å²) in [6.07, 6.45) is 5.24. The van der Waals surface area contributed by atoms with E-state index in [2.05, 4.69) is 42.8 Å². The van der Waals surface area contributed by atoms with Crippen molar-refractivity contribution in [3.05, 3.63) is 47.1 Å². The molecule has 2 N–H and O–H groups in total. The molecule has 0 atom stereocenters. The molecule has 0 radical (unpaired) electrons. The molecule has 0 spiro atoms. The number of carbonyl (C=O) groups is 1. The molecule has 0 saturated carbocycles. The van der Waals surface area contributed by atoms with E-state index in [0.717, 1.165) is 55.1 Å². The quantitative estimate of drug-likeness (QED) is 0.696. The van der Waals surface area contributed by atoms with Crippen LogP contribution in [0.2, 0.25) is 0 Å². The van der Waals surface area contributed by atoms with Crippen LogP contribution in [0.3, 0.4) is 0 Å². The Balaban J connectivity index is 1.22. The van der Waals surface area contributed by atoms with E-state index in [9.17, 15) is 4.79 Å². The molecule has 6 nitrogen and oxygen atoms in total. The van der Waals surface area contributed by atoms with Crippen molar-refractivity contribution in [1.82, 2.24) is 9.88 Å². The van der Waals surface area contributed by atoms with E-state index in [1.54, 1.807) is 6.20 Å². The van der Waals surface area contributed by atoms with Crippen LogP contribution < -0.4 is 15.5 Å². The Morgan fingerprint density at radius 3 is 2.41 bits per heavy atom. The highest BCUT2D eigenvalue weighted by atomic mass is 79.9. The molecular formula is C22H28BrN5O. The molecule has 7 heteroatoms. The molecule has 2 aromatic rings. The smallest absolute Gasteiger partial charge is 0.242 e. The zero-order valence-electron chi connectivity index (χ0n) is 16.6. The topological polar surface area (TPSA) is 65.7 Å². The fourth-order valence-electron chi connectivity index (χ4n) is 4.20. The van der Waals surface area contributed by atoms with Gasteiger partial charge >= 0.3 is 0 Å². The lowest BCUT2D eigenvalue weighted by atomic mass is 9.93. The summed E-state index contributed by atoms with van der Waals surface area (Å²) >= 11 is 3.40. The predicted octanol–water partition coefficient (Wildman–Crippen LogP) is 3.38. The van der Waals surface area contributed by atoms with Gasteiger partial charge in [-0.3, -0.25) is 4.79 Å². The number of piperidine rings is 1. The van der Waals surface area contributed by atoms with Crippen molar-refractivity contribution in [2.24, 2.45) is 5.92 Å². The molecule has 1 aromatic heterocycles. The normalized spacial score (nSPS) is 18.4. The van der Waals surface area contributed by atoms with Crippen LogP contribution in [0.25, 0.3) is 0 Å². The van der Waals surface area contributed by atoms with Gasteiger partial charge in [0.2, 0.25) is 5.91 Å². The number of aromatic nitrogens is 1. The van der Waals surface area contributed by atoms with Crippen molar-refractivity contribution in [3.8, 4) is 0 Å². The summed E-state index contributed by atoms with van der Waals surface area (Å²) < 4.78 is 0.952. The van der Waals surface area contributed by atoms with E-state index in [1.165, 1.54) is 18.5 Å². The fourth-order valence-corrected chi connectivity index (χ4v) is 4.43. The number of hydrogen-bond donors (Lipinski definition) is 1. The van der Waals surface area contributed by atoms with Crippen LogP contribution in [0.4, 0.5) is 17.2 Å². The number of rotatable bonds is 5. The lowest BCUT2D eigenvalue weighted by Crippen LogP contribution is -2.51. The summed E-state index contributed by atoms with van der Waals surface area (Å²) in [5.41, 5.74) is 7.85. The Morgan fingerprint density at radius 1 is 1.00 bits per heavy atom. The minimum Gasteiger partial charge on any atom is -0.399 e. The van der Waals surface area contributed by atoms with Gasteiger partial charge in [-0.2, -0.15) is 0 Å². The number of amides is 1. The third-order valence-corrected chi connectivity index (χ3v) is 6.50. The number of benzene rings is 1. The highest BCUT2D eigenvalue weighted by molar-refractivity contribution is 9.10. The van der Waals surface area contributed by atoms with Gasteiger partial charge < -0.3 is 20.4 Å². The summed E-state index contributed by atoms with van der Waals surface area (Å²) in [5, 5.41) is 0. The molecule has 1 amide bonds. The maximum absolute atomic E-state index is 12.6. The molecule has 29 heavy (non-hydrogen) atoms. The number of halogens is 1. The number of pyridine rings is 1. The van der Waals surface area contributed by atoms with E-state index in [0.29, 0.717) is 12.5 Å². The van der Waals surface area contributed by atoms with Crippen molar-refractivity contribution >= 4 is 39.0 Å². The Hall–Kier alpha value is -2.28. The van der Waals surface area contributed by atoms with Crippen LogP contribution in [0.5, 0.6) is 0 Å². The average Bonchev–Trinajstić information content (AvgIpc) is 2.74. The molecule has 4 rings (SSSR count). The van der Waals surface area contributed by atoms with E-state index in [-0.39, 0.29) is 5.91 Å². The third-order valence-electron chi connectivity index (χ3n) is 6.03. The van der Waals surface area contributed by atoms with Gasteiger partial charge in [-0.05, 0) is 77.5 Å². The summed E-state index contributed by atoms with van der Waals surface area (Å²) in [5.74, 6) is 1.77. The van der Waals surface area contributed by atoms with Gasteiger partial charge in [-0.1, -0.05) is 0 Å². The minimum absolute atomic E-state index is 0.209. The first-order valence-electron chi connectivity index (χ1n) is 10.3. The zero-order chi connectivity index (χ0) is 20.2. The van der Waals surface area contributed by atoms with Gasteiger partial charge in [0.1, 0.15) is 5.82 Å². The lowest BCUT2D eigenvalue weighted by Gasteiger charge is -2.37. The van der Waals surface area contributed by atoms with Crippen LogP contribution in [0, 0.1) is 5.92 Å². The van der Waals surface area contributed by atoms with Crippen molar-refractivity contribution < 1.29 is 4.79 Å². The molecule has 154 valence electrons. The van der Waals surface area contributed by atoms with Gasteiger partial charge in [-0.25, -0.2) is 4.98 Å². The van der Waals surface area contributed by atoms with Gasteiger partial charge in [0.05, 0.1) is 6.54 Å². The highest BCUT2D eigenvalue weighted by Crippen LogP contribution is 2.26. The maximum Gasteiger partial charge on any atom is 0.242 e. The molecule has 0 bridgehead atoms. The second-order valence-corrected chi connectivity index (χ2v) is 8.86. The second kappa shape index (κ2) is 9.03. The van der Waals surface area contributed by atoms with E-state index < -0.39 is 0 Å². The van der Waals surface area contributed by atoms with Gasteiger partial charge in [0.25, 0.3) is 0 Å². The number of nitrogen functional groups attached to an aromatic ring is 1. The number of nitrogens with two attached hydrogens (primary N) is 1. The Bertz CT molecular complexity index is 818. The van der Waals surface area contributed by atoms with Crippen molar-refractivity contribution in [1.29, 1.82) is 0 Å². The van der Waals surface area contributed by atoms with E-state index >= 15 is 0 Å². The molecule has 2 saturated heterocycles. The van der Waals surface area contributed by atoms with Crippen LogP contribution in [-0.2, 0) is 4.79 Å². The molecule has 3 heterocycles. The Labute approximate surface area is 180 Å². The largest absolute Gasteiger partial charge is 0.399 e. The number of carbonyl (C=O) groups excluding carboxylic acids is 1. The lowest BCUT2D eigenvalue weighted by molar-refractivity contribution is -0.131. The van der Waals surface area contributed by atoms with Crippen LogP contribution in [0.1, 0.15) is 19.3 Å². The first-order chi connectivity index (χ1) is 14.1. The second-order valence-electron chi connectivity index (χ2n) is 7.95. The summed E-state index contributed by atoms with van der Waals surface area (Å²) in [6, 6.07) is 12.1. The molecule has 2 aliphatic heterocycles. The van der Waals surface area contributed by atoms with E-state index in [4.69, 9.17) is 5.73 Å². The third kappa shape index (κ3) is 5.01. The molecular weight excluding hydrogens is 430 g/mol. The molecule has 0 unspecified atom stereocenters. The van der Waals surface area contributed by atoms with Crippen molar-refractivity contribution in [2.75, 3.05) is 54.8 Å². The molecule has 2 fully saturated rings. The standard InChI is InChI=1S/C22H28BrN5O/c23-18-1-6-21(25-15-18)28-14-13-27(22(29)16-28)12-9-17-7-10-26(11-8-17)20-4-2-19(24)3-5-20/h1-6,15,17H,7-14,16,24H2. The molecule has 1 aromatic carbocycles. The summed E-state index contributed by atoms with van der Waals surface area (Å²) in [7, 11) is 0. The number of hydrogen-bond acceptors (Lipinski definition) is 5.